The predicted octanol–water partition coefficient (Wildman–Crippen LogP) is 2.80. The Morgan fingerprint density at radius 1 is 1.00 bits per heavy atom. The standard InChI is InChI=1S/C19H23N3O3S.ClH/c20-18-7-3-2-6-17(18)19(23)21-14-15-8-10-16(11-9-15)26(24,25)22-12-4-1-5-13-22;/h2-3,6-11H,1,4-5,12-14,20H2,(H,21,23);1H. The number of sulfonamides is 1. The highest BCUT2D eigenvalue weighted by molar-refractivity contribution is 7.89. The molecule has 1 aliphatic heterocycles. The van der Waals surface area contributed by atoms with Crippen LogP contribution in [0.25, 0.3) is 0 Å². The Bertz CT molecular complexity index is 879. The fraction of sp³-hybridized carbons (Fsp3) is 0.316. The van der Waals surface area contributed by atoms with Crippen molar-refractivity contribution in [1.29, 1.82) is 0 Å². The Balaban J connectivity index is 0.00000261. The Morgan fingerprint density at radius 3 is 2.26 bits per heavy atom. The summed E-state index contributed by atoms with van der Waals surface area (Å²) in [5.41, 5.74) is 7.47. The van der Waals surface area contributed by atoms with Crippen molar-refractivity contribution in [3.63, 3.8) is 0 Å². The van der Waals surface area contributed by atoms with Crippen LogP contribution < -0.4 is 11.1 Å². The summed E-state index contributed by atoms with van der Waals surface area (Å²) in [6, 6.07) is 13.5. The van der Waals surface area contributed by atoms with Crippen molar-refractivity contribution >= 4 is 34.0 Å². The smallest absolute Gasteiger partial charge is 0.253 e. The molecule has 3 N–H and O–H groups in total. The average Bonchev–Trinajstić information content (AvgIpc) is 2.67. The van der Waals surface area contributed by atoms with E-state index >= 15 is 0 Å². The van der Waals surface area contributed by atoms with Crippen LogP contribution in [0, 0.1) is 0 Å². The maximum atomic E-state index is 12.6. The minimum absolute atomic E-state index is 0. The molecule has 1 fully saturated rings. The summed E-state index contributed by atoms with van der Waals surface area (Å²) in [6.45, 7) is 1.47. The molecule has 0 atom stereocenters. The average molecular weight is 410 g/mol. The van der Waals surface area contributed by atoms with Gasteiger partial charge in [0.2, 0.25) is 10.0 Å². The van der Waals surface area contributed by atoms with E-state index in [1.807, 2.05) is 0 Å². The number of benzene rings is 2. The van der Waals surface area contributed by atoms with Crippen LogP contribution in [0.15, 0.2) is 53.4 Å². The van der Waals surface area contributed by atoms with Crippen molar-refractivity contribution < 1.29 is 13.2 Å². The van der Waals surface area contributed by atoms with Gasteiger partial charge in [-0.1, -0.05) is 30.7 Å². The van der Waals surface area contributed by atoms with E-state index in [0.717, 1.165) is 24.8 Å². The van der Waals surface area contributed by atoms with Crippen LogP contribution in [-0.4, -0.2) is 31.7 Å². The molecule has 8 heteroatoms. The van der Waals surface area contributed by atoms with Gasteiger partial charge in [0.1, 0.15) is 0 Å². The van der Waals surface area contributed by atoms with Crippen molar-refractivity contribution in [3.05, 3.63) is 59.7 Å². The van der Waals surface area contributed by atoms with Gasteiger partial charge in [0.25, 0.3) is 5.91 Å². The highest BCUT2D eigenvalue weighted by Gasteiger charge is 2.25. The van der Waals surface area contributed by atoms with E-state index in [1.54, 1.807) is 52.8 Å². The van der Waals surface area contributed by atoms with Crippen LogP contribution in [0.2, 0.25) is 0 Å². The highest BCUT2D eigenvalue weighted by Crippen LogP contribution is 2.21. The zero-order chi connectivity index (χ0) is 18.6. The maximum Gasteiger partial charge on any atom is 0.253 e. The number of piperidine rings is 1. The normalized spacial score (nSPS) is 15.0. The highest BCUT2D eigenvalue weighted by atomic mass is 35.5. The molecule has 1 saturated heterocycles. The summed E-state index contributed by atoms with van der Waals surface area (Å²) in [4.78, 5) is 12.5. The number of nitrogens with zero attached hydrogens (tertiary/aromatic N) is 1. The van der Waals surface area contributed by atoms with Gasteiger partial charge in [-0.25, -0.2) is 8.42 Å². The van der Waals surface area contributed by atoms with Gasteiger partial charge in [0.15, 0.2) is 0 Å². The van der Waals surface area contributed by atoms with E-state index < -0.39 is 10.0 Å². The third-order valence-electron chi connectivity index (χ3n) is 4.53. The van der Waals surface area contributed by atoms with Crippen LogP contribution in [0.3, 0.4) is 0 Å². The lowest BCUT2D eigenvalue weighted by Crippen LogP contribution is -2.35. The molecule has 0 bridgehead atoms. The summed E-state index contributed by atoms with van der Waals surface area (Å²) < 4.78 is 26.8. The molecule has 1 amide bonds. The first-order chi connectivity index (χ1) is 12.5. The number of hydrogen-bond acceptors (Lipinski definition) is 4. The van der Waals surface area contributed by atoms with Crippen LogP contribution in [0.1, 0.15) is 35.2 Å². The monoisotopic (exact) mass is 409 g/mol. The lowest BCUT2D eigenvalue weighted by Gasteiger charge is -2.25. The van der Waals surface area contributed by atoms with Gasteiger partial charge in [-0.2, -0.15) is 4.31 Å². The van der Waals surface area contributed by atoms with E-state index in [9.17, 15) is 13.2 Å². The SMILES string of the molecule is Cl.Nc1ccccc1C(=O)NCc1ccc(S(=O)(=O)N2CCCCC2)cc1. The molecule has 27 heavy (non-hydrogen) atoms. The lowest BCUT2D eigenvalue weighted by atomic mass is 10.1. The van der Waals surface area contributed by atoms with Crippen molar-refractivity contribution in [2.75, 3.05) is 18.8 Å². The summed E-state index contributed by atoms with van der Waals surface area (Å²) in [7, 11) is -3.43. The molecule has 146 valence electrons. The van der Waals surface area contributed by atoms with Crippen LogP contribution in [0.5, 0.6) is 0 Å². The van der Waals surface area contributed by atoms with Crippen molar-refractivity contribution in [3.8, 4) is 0 Å². The first kappa shape index (κ1) is 21.2. The number of halogens is 1. The second kappa shape index (κ2) is 9.21. The number of nitrogen functional groups attached to an aromatic ring is 1. The zero-order valence-electron chi connectivity index (χ0n) is 14.9. The quantitative estimate of drug-likeness (QED) is 0.742. The van der Waals surface area contributed by atoms with Gasteiger partial charge in [-0.05, 0) is 42.7 Å². The molecular formula is C19H24ClN3O3S. The van der Waals surface area contributed by atoms with E-state index in [0.29, 0.717) is 35.8 Å². The maximum absolute atomic E-state index is 12.6. The second-order valence-electron chi connectivity index (χ2n) is 6.38. The van der Waals surface area contributed by atoms with Gasteiger partial charge in [0, 0.05) is 25.3 Å². The molecule has 0 unspecified atom stereocenters. The summed E-state index contributed by atoms with van der Waals surface area (Å²) in [5, 5.41) is 2.80. The van der Waals surface area contributed by atoms with Gasteiger partial charge in [0.05, 0.1) is 10.5 Å². The second-order valence-corrected chi connectivity index (χ2v) is 8.32. The van der Waals surface area contributed by atoms with E-state index in [2.05, 4.69) is 5.32 Å². The number of nitrogens with two attached hydrogens (primary N) is 1. The van der Waals surface area contributed by atoms with Gasteiger partial charge in [-0.15, -0.1) is 12.4 Å². The van der Waals surface area contributed by atoms with Gasteiger partial charge in [-0.3, -0.25) is 4.79 Å². The molecule has 2 aromatic carbocycles. The number of carbonyl (C=O) groups excluding carboxylic acids is 1. The number of para-hydroxylation sites is 1. The molecule has 0 aliphatic carbocycles. The Morgan fingerprint density at radius 2 is 1.63 bits per heavy atom. The van der Waals surface area contributed by atoms with Gasteiger partial charge >= 0.3 is 0 Å². The molecular weight excluding hydrogens is 386 g/mol. The van der Waals surface area contributed by atoms with Gasteiger partial charge < -0.3 is 11.1 Å². The molecule has 6 nitrogen and oxygen atoms in total. The largest absolute Gasteiger partial charge is 0.398 e. The first-order valence-electron chi connectivity index (χ1n) is 8.70. The van der Waals surface area contributed by atoms with Crippen LogP contribution in [-0.2, 0) is 16.6 Å². The fourth-order valence-electron chi connectivity index (χ4n) is 3.01. The third-order valence-corrected chi connectivity index (χ3v) is 6.45. The Labute approximate surface area is 166 Å². The van der Waals surface area contributed by atoms with Crippen LogP contribution >= 0.6 is 12.4 Å². The minimum atomic E-state index is -3.43. The predicted molar refractivity (Wildman–Crippen MR) is 108 cm³/mol. The fourth-order valence-corrected chi connectivity index (χ4v) is 4.53. The number of amides is 1. The lowest BCUT2D eigenvalue weighted by molar-refractivity contribution is 0.0952. The number of nitrogens with one attached hydrogen (secondary N) is 1. The van der Waals surface area contributed by atoms with E-state index in [4.69, 9.17) is 5.73 Å². The topological polar surface area (TPSA) is 92.5 Å². The third kappa shape index (κ3) is 5.00. The summed E-state index contributed by atoms with van der Waals surface area (Å²) in [6.07, 6.45) is 2.90. The molecule has 0 aromatic heterocycles. The van der Waals surface area contributed by atoms with E-state index in [1.165, 1.54) is 0 Å². The van der Waals surface area contributed by atoms with Crippen molar-refractivity contribution in [2.24, 2.45) is 0 Å². The molecule has 1 aliphatic rings. The molecule has 0 saturated carbocycles. The van der Waals surface area contributed by atoms with E-state index in [-0.39, 0.29) is 18.3 Å². The molecule has 3 rings (SSSR count). The first-order valence-corrected chi connectivity index (χ1v) is 10.1. The zero-order valence-corrected chi connectivity index (χ0v) is 16.6. The Kier molecular flexibility index (Phi) is 7.24. The number of carbonyl (C=O) groups is 1. The van der Waals surface area contributed by atoms with Crippen molar-refractivity contribution in [2.45, 2.75) is 30.7 Å². The summed E-state index contributed by atoms with van der Waals surface area (Å²) in [5.74, 6) is -0.256. The molecule has 2 aromatic rings. The molecule has 0 radical (unpaired) electrons. The van der Waals surface area contributed by atoms with Crippen molar-refractivity contribution in [1.82, 2.24) is 9.62 Å². The number of rotatable bonds is 5. The number of anilines is 1. The summed E-state index contributed by atoms with van der Waals surface area (Å²) >= 11 is 0. The Hall–Kier alpha value is -2.09. The van der Waals surface area contributed by atoms with Crippen LogP contribution in [0.4, 0.5) is 5.69 Å². The molecule has 1 heterocycles. The molecule has 0 spiro atoms. The minimum Gasteiger partial charge on any atom is -0.398 e. The number of hydrogen-bond donors (Lipinski definition) is 2.